The van der Waals surface area contributed by atoms with E-state index in [1.165, 1.54) is 7.11 Å². The van der Waals surface area contributed by atoms with Gasteiger partial charge in [0.15, 0.2) is 0 Å². The fraction of sp³-hybridized carbons (Fsp3) is 0.900. The molecule has 0 aliphatic carbocycles. The van der Waals surface area contributed by atoms with E-state index in [-0.39, 0.29) is 17.7 Å². The van der Waals surface area contributed by atoms with Crippen LogP contribution in [0.25, 0.3) is 0 Å². The van der Waals surface area contributed by atoms with E-state index in [0.29, 0.717) is 0 Å². The molecule has 0 fully saturated rings. The molecule has 4 nitrogen and oxygen atoms in total. The highest BCUT2D eigenvalue weighted by molar-refractivity contribution is 5.76. The average Bonchev–Trinajstić information content (AvgIpc) is 2.01. The smallest absolute Gasteiger partial charge is 0.325 e. The highest BCUT2D eigenvalue weighted by Gasteiger charge is 2.28. The topological polar surface area (TPSA) is 47.6 Å². The van der Waals surface area contributed by atoms with Crippen LogP contribution in [-0.2, 0) is 14.3 Å². The minimum absolute atomic E-state index is 0.215. The van der Waals surface area contributed by atoms with Crippen molar-refractivity contribution in [1.29, 1.82) is 0 Å². The molecule has 4 heteroatoms. The molecule has 0 heterocycles. The van der Waals surface area contributed by atoms with Gasteiger partial charge in [-0.3, -0.25) is 4.79 Å². The zero-order valence-electron chi connectivity index (χ0n) is 9.88. The highest BCUT2D eigenvalue weighted by atomic mass is 16.5. The number of likely N-dealkylation sites (N-methyl/N-ethyl adjacent to an activating group) is 1. The van der Waals surface area contributed by atoms with Gasteiger partial charge < -0.3 is 14.8 Å². The van der Waals surface area contributed by atoms with Gasteiger partial charge in [0, 0.05) is 0 Å². The van der Waals surface area contributed by atoms with Crippen molar-refractivity contribution >= 4 is 5.97 Å². The molecule has 0 aliphatic heterocycles. The standard InChI is InChI=1S/C10H21NO3/c1-7(14-10(2,3)4)8(11-5)9(12)13-6/h7-8,11H,1-6H3. The SMILES string of the molecule is CNC(C(=O)OC)C(C)OC(C)(C)C. The molecule has 0 aromatic rings. The summed E-state index contributed by atoms with van der Waals surface area (Å²) in [7, 11) is 3.08. The first-order chi connectivity index (χ1) is 6.31. The van der Waals surface area contributed by atoms with Crippen molar-refractivity contribution in [1.82, 2.24) is 5.32 Å². The van der Waals surface area contributed by atoms with E-state index in [0.717, 1.165) is 0 Å². The molecule has 2 atom stereocenters. The lowest BCUT2D eigenvalue weighted by atomic mass is 10.1. The molecule has 0 aromatic heterocycles. The summed E-state index contributed by atoms with van der Waals surface area (Å²) < 4.78 is 10.3. The van der Waals surface area contributed by atoms with Crippen molar-refractivity contribution in [3.63, 3.8) is 0 Å². The van der Waals surface area contributed by atoms with Crippen molar-refractivity contribution in [3.8, 4) is 0 Å². The van der Waals surface area contributed by atoms with Crippen LogP contribution in [0.2, 0.25) is 0 Å². The predicted molar refractivity (Wildman–Crippen MR) is 55.2 cm³/mol. The van der Waals surface area contributed by atoms with Gasteiger partial charge in [0.25, 0.3) is 0 Å². The van der Waals surface area contributed by atoms with Gasteiger partial charge in [-0.25, -0.2) is 0 Å². The Morgan fingerprint density at radius 2 is 1.86 bits per heavy atom. The van der Waals surface area contributed by atoms with Gasteiger partial charge in [-0.1, -0.05) is 0 Å². The van der Waals surface area contributed by atoms with E-state index < -0.39 is 6.04 Å². The van der Waals surface area contributed by atoms with Crippen molar-refractivity contribution in [2.75, 3.05) is 14.2 Å². The van der Waals surface area contributed by atoms with Crippen LogP contribution in [0, 0.1) is 0 Å². The number of esters is 1. The van der Waals surface area contributed by atoms with Crippen LogP contribution in [0.3, 0.4) is 0 Å². The molecule has 84 valence electrons. The lowest BCUT2D eigenvalue weighted by molar-refractivity contribution is -0.150. The van der Waals surface area contributed by atoms with Crippen molar-refractivity contribution in [3.05, 3.63) is 0 Å². The van der Waals surface area contributed by atoms with E-state index in [4.69, 9.17) is 4.74 Å². The Balaban J connectivity index is 4.32. The van der Waals surface area contributed by atoms with Crippen LogP contribution < -0.4 is 5.32 Å². The fourth-order valence-corrected chi connectivity index (χ4v) is 1.30. The first kappa shape index (κ1) is 13.4. The normalized spacial score (nSPS) is 16.1. The molecule has 0 bridgehead atoms. The molecule has 0 saturated heterocycles. The Bertz CT molecular complexity index is 186. The molecular formula is C10H21NO3. The van der Waals surface area contributed by atoms with E-state index >= 15 is 0 Å². The van der Waals surface area contributed by atoms with Crippen LogP contribution in [0.4, 0.5) is 0 Å². The van der Waals surface area contributed by atoms with Crippen LogP contribution in [-0.4, -0.2) is 37.9 Å². The summed E-state index contributed by atoms with van der Waals surface area (Å²) >= 11 is 0. The number of carbonyl (C=O) groups is 1. The van der Waals surface area contributed by atoms with E-state index in [2.05, 4.69) is 10.1 Å². The number of nitrogens with one attached hydrogen (secondary N) is 1. The minimum Gasteiger partial charge on any atom is -0.468 e. The zero-order chi connectivity index (χ0) is 11.4. The summed E-state index contributed by atoms with van der Waals surface area (Å²) in [6, 6.07) is -0.417. The molecular weight excluding hydrogens is 182 g/mol. The third-order valence-corrected chi connectivity index (χ3v) is 1.77. The third-order valence-electron chi connectivity index (χ3n) is 1.77. The van der Waals surface area contributed by atoms with Crippen LogP contribution in [0.1, 0.15) is 27.7 Å². The predicted octanol–water partition coefficient (Wildman–Crippen LogP) is 0.951. The summed E-state index contributed by atoms with van der Waals surface area (Å²) in [5.41, 5.74) is -0.261. The maximum absolute atomic E-state index is 11.3. The molecule has 14 heavy (non-hydrogen) atoms. The quantitative estimate of drug-likeness (QED) is 0.691. The molecule has 0 aromatic carbocycles. The molecule has 0 spiro atoms. The number of hydrogen-bond donors (Lipinski definition) is 1. The van der Waals surface area contributed by atoms with E-state index in [1.807, 2.05) is 27.7 Å². The van der Waals surface area contributed by atoms with Gasteiger partial charge in [0.2, 0.25) is 0 Å². The molecule has 2 unspecified atom stereocenters. The van der Waals surface area contributed by atoms with Gasteiger partial charge in [-0.15, -0.1) is 0 Å². The molecule has 1 N–H and O–H groups in total. The Kier molecular flexibility index (Phi) is 5.08. The number of ether oxygens (including phenoxy) is 2. The van der Waals surface area contributed by atoms with Gasteiger partial charge in [0.05, 0.1) is 18.8 Å². The zero-order valence-corrected chi connectivity index (χ0v) is 9.88. The van der Waals surface area contributed by atoms with Crippen LogP contribution in [0.15, 0.2) is 0 Å². The summed E-state index contributed by atoms with van der Waals surface area (Å²) in [6.07, 6.45) is -0.215. The lowest BCUT2D eigenvalue weighted by Gasteiger charge is -2.29. The maximum Gasteiger partial charge on any atom is 0.325 e. The maximum atomic E-state index is 11.3. The molecule has 0 aliphatic rings. The lowest BCUT2D eigenvalue weighted by Crippen LogP contribution is -2.47. The number of carbonyl (C=O) groups excluding carboxylic acids is 1. The second-order valence-corrected chi connectivity index (χ2v) is 4.22. The molecule has 0 radical (unpaired) electrons. The first-order valence-electron chi connectivity index (χ1n) is 4.74. The van der Waals surface area contributed by atoms with Gasteiger partial charge >= 0.3 is 5.97 Å². The Labute approximate surface area is 86.0 Å². The second-order valence-electron chi connectivity index (χ2n) is 4.22. The Morgan fingerprint density at radius 3 is 2.14 bits per heavy atom. The molecule has 0 amide bonds. The summed E-state index contributed by atoms with van der Waals surface area (Å²) in [5, 5.41) is 2.88. The van der Waals surface area contributed by atoms with Gasteiger partial charge in [-0.2, -0.15) is 0 Å². The third kappa shape index (κ3) is 4.58. The number of methoxy groups -OCH3 is 1. The van der Waals surface area contributed by atoms with Crippen LogP contribution >= 0.6 is 0 Å². The van der Waals surface area contributed by atoms with Crippen molar-refractivity contribution in [2.24, 2.45) is 0 Å². The van der Waals surface area contributed by atoms with Crippen molar-refractivity contribution in [2.45, 2.75) is 45.4 Å². The Hall–Kier alpha value is -0.610. The molecule has 0 rings (SSSR count). The van der Waals surface area contributed by atoms with Gasteiger partial charge in [0.1, 0.15) is 6.04 Å². The monoisotopic (exact) mass is 203 g/mol. The average molecular weight is 203 g/mol. The van der Waals surface area contributed by atoms with E-state index in [1.54, 1.807) is 7.05 Å². The largest absolute Gasteiger partial charge is 0.468 e. The first-order valence-corrected chi connectivity index (χ1v) is 4.74. The number of hydrogen-bond acceptors (Lipinski definition) is 4. The number of rotatable bonds is 4. The van der Waals surface area contributed by atoms with Crippen LogP contribution in [0.5, 0.6) is 0 Å². The highest BCUT2D eigenvalue weighted by Crippen LogP contribution is 2.13. The summed E-state index contributed by atoms with van der Waals surface area (Å²) in [5.74, 6) is -0.302. The fourth-order valence-electron chi connectivity index (χ4n) is 1.30. The minimum atomic E-state index is -0.417. The Morgan fingerprint density at radius 1 is 1.36 bits per heavy atom. The summed E-state index contributed by atoms with van der Waals surface area (Å²) in [4.78, 5) is 11.3. The molecule has 0 saturated carbocycles. The second kappa shape index (κ2) is 5.32. The summed E-state index contributed by atoms with van der Waals surface area (Å²) in [6.45, 7) is 7.71. The van der Waals surface area contributed by atoms with Crippen molar-refractivity contribution < 1.29 is 14.3 Å². The van der Waals surface area contributed by atoms with E-state index in [9.17, 15) is 4.79 Å². The van der Waals surface area contributed by atoms with Gasteiger partial charge in [-0.05, 0) is 34.7 Å².